The van der Waals surface area contributed by atoms with E-state index in [-0.39, 0.29) is 15.9 Å². The van der Waals surface area contributed by atoms with Crippen molar-refractivity contribution in [2.45, 2.75) is 13.1 Å². The largest absolute Gasteiger partial charge is 0.433 e. The monoisotopic (exact) mass is 276 g/mol. The van der Waals surface area contributed by atoms with Gasteiger partial charge in [0, 0.05) is 5.56 Å². The van der Waals surface area contributed by atoms with Crippen LogP contribution in [0.1, 0.15) is 11.3 Å². The fourth-order valence-electron chi connectivity index (χ4n) is 1.59. The van der Waals surface area contributed by atoms with E-state index in [1.165, 1.54) is 25.1 Å². The molecule has 18 heavy (non-hydrogen) atoms. The Bertz CT molecular complexity index is 639. The Hall–Kier alpha value is -1.63. The molecular formula is C11H8F4N2S. The summed E-state index contributed by atoms with van der Waals surface area (Å²) >= 11 is 4.92. The maximum absolute atomic E-state index is 13.0. The van der Waals surface area contributed by atoms with Crippen LogP contribution in [0.3, 0.4) is 0 Å². The molecule has 0 radical (unpaired) electrons. The molecule has 0 aliphatic rings. The molecule has 0 amide bonds. The highest BCUT2D eigenvalue weighted by Crippen LogP contribution is 2.31. The molecule has 2 rings (SSSR count). The Labute approximate surface area is 105 Å². The number of nitrogens with zero attached hydrogens (tertiary/aromatic N) is 1. The maximum Gasteiger partial charge on any atom is 0.433 e. The third-order valence-electron chi connectivity index (χ3n) is 2.47. The van der Waals surface area contributed by atoms with Gasteiger partial charge in [-0.25, -0.2) is 9.07 Å². The third kappa shape index (κ3) is 2.17. The molecule has 0 saturated carbocycles. The Morgan fingerprint density at radius 2 is 1.94 bits per heavy atom. The predicted octanol–water partition coefficient (Wildman–Crippen LogP) is 4.00. The van der Waals surface area contributed by atoms with Crippen molar-refractivity contribution in [1.29, 1.82) is 0 Å². The fourth-order valence-corrected chi connectivity index (χ4v) is 1.85. The number of hydrogen-bond acceptors (Lipinski definition) is 1. The fraction of sp³-hybridized carbons (Fsp3) is 0.182. The second-order valence-corrected chi connectivity index (χ2v) is 4.12. The molecule has 1 heterocycles. The number of aromatic amines is 1. The van der Waals surface area contributed by atoms with Gasteiger partial charge >= 0.3 is 6.18 Å². The topological polar surface area (TPSA) is 20.7 Å². The van der Waals surface area contributed by atoms with Crippen LogP contribution in [-0.4, -0.2) is 9.78 Å². The van der Waals surface area contributed by atoms with Crippen molar-refractivity contribution in [2.75, 3.05) is 0 Å². The van der Waals surface area contributed by atoms with Gasteiger partial charge in [-0.3, -0.25) is 5.10 Å². The van der Waals surface area contributed by atoms with Crippen LogP contribution in [-0.2, 0) is 6.18 Å². The summed E-state index contributed by atoms with van der Waals surface area (Å²) < 4.78 is 52.1. The first-order valence-corrected chi connectivity index (χ1v) is 5.36. The van der Waals surface area contributed by atoms with Crippen molar-refractivity contribution >= 4 is 12.2 Å². The van der Waals surface area contributed by atoms with Gasteiger partial charge in [-0.05, 0) is 25.1 Å². The maximum atomic E-state index is 13.0. The predicted molar refractivity (Wildman–Crippen MR) is 60.7 cm³/mol. The molecular weight excluding hydrogens is 268 g/mol. The summed E-state index contributed by atoms with van der Waals surface area (Å²) in [6.45, 7) is 1.28. The molecule has 2 nitrogen and oxygen atoms in total. The molecule has 1 aromatic carbocycles. The lowest BCUT2D eigenvalue weighted by atomic mass is 10.3. The Morgan fingerprint density at radius 1 is 1.28 bits per heavy atom. The molecule has 0 aliphatic carbocycles. The van der Waals surface area contributed by atoms with E-state index < -0.39 is 17.7 Å². The van der Waals surface area contributed by atoms with Crippen LogP contribution < -0.4 is 0 Å². The highest BCUT2D eigenvalue weighted by atomic mass is 32.1. The summed E-state index contributed by atoms with van der Waals surface area (Å²) in [4.78, 5) is 0. The third-order valence-corrected chi connectivity index (χ3v) is 2.96. The van der Waals surface area contributed by atoms with E-state index in [4.69, 9.17) is 12.2 Å². The normalized spacial score (nSPS) is 11.8. The summed E-state index contributed by atoms with van der Waals surface area (Å²) in [5, 5.41) is 2.15. The zero-order valence-electron chi connectivity index (χ0n) is 9.18. The van der Waals surface area contributed by atoms with E-state index >= 15 is 0 Å². The molecule has 1 aromatic heterocycles. The molecule has 0 saturated heterocycles. The number of H-pyrrole nitrogens is 1. The van der Waals surface area contributed by atoms with Crippen molar-refractivity contribution in [3.8, 4) is 5.69 Å². The molecule has 0 fully saturated rings. The van der Waals surface area contributed by atoms with Gasteiger partial charge < -0.3 is 0 Å². The molecule has 7 heteroatoms. The summed E-state index contributed by atoms with van der Waals surface area (Å²) in [7, 11) is 0. The first-order valence-electron chi connectivity index (χ1n) is 4.95. The van der Waals surface area contributed by atoms with Gasteiger partial charge in [0.15, 0.2) is 0 Å². The van der Waals surface area contributed by atoms with Crippen molar-refractivity contribution < 1.29 is 17.6 Å². The van der Waals surface area contributed by atoms with Crippen LogP contribution in [0.4, 0.5) is 17.6 Å². The number of rotatable bonds is 1. The van der Waals surface area contributed by atoms with Crippen molar-refractivity contribution in [3.63, 3.8) is 0 Å². The summed E-state index contributed by atoms with van der Waals surface area (Å²) in [6, 6.07) is 5.17. The lowest BCUT2D eigenvalue weighted by molar-refractivity contribution is -0.141. The zero-order chi connectivity index (χ0) is 13.5. The molecule has 96 valence electrons. The molecule has 2 aromatic rings. The summed E-state index contributed by atoms with van der Waals surface area (Å²) in [5.74, 6) is -0.546. The number of alkyl halides is 3. The quantitative estimate of drug-likeness (QED) is 0.616. The minimum Gasteiger partial charge on any atom is -0.288 e. The highest BCUT2D eigenvalue weighted by Gasteiger charge is 2.35. The van der Waals surface area contributed by atoms with Crippen molar-refractivity contribution in [2.24, 2.45) is 0 Å². The van der Waals surface area contributed by atoms with Gasteiger partial charge in [0.05, 0.1) is 5.69 Å². The van der Waals surface area contributed by atoms with E-state index in [9.17, 15) is 17.6 Å². The standard InChI is InChI=1S/C11H8F4N2S/c1-6-9(11(13,14)15)16-17(10(6)18)8-4-2-3-7(12)5-8/h2-5,16H,1H3. The van der Waals surface area contributed by atoms with Crippen LogP contribution in [0, 0.1) is 17.4 Å². The second-order valence-electron chi connectivity index (χ2n) is 3.73. The Kier molecular flexibility index (Phi) is 3.02. The average molecular weight is 276 g/mol. The van der Waals surface area contributed by atoms with Crippen molar-refractivity contribution in [3.05, 3.63) is 46.0 Å². The van der Waals surface area contributed by atoms with Gasteiger partial charge in [-0.2, -0.15) is 13.2 Å². The van der Waals surface area contributed by atoms with E-state index in [0.29, 0.717) is 0 Å². The van der Waals surface area contributed by atoms with Crippen molar-refractivity contribution in [1.82, 2.24) is 9.78 Å². The van der Waals surface area contributed by atoms with Gasteiger partial charge in [0.25, 0.3) is 0 Å². The van der Waals surface area contributed by atoms with Crippen LogP contribution in [0.2, 0.25) is 0 Å². The smallest absolute Gasteiger partial charge is 0.288 e. The number of hydrogen-bond donors (Lipinski definition) is 1. The molecule has 0 aliphatic heterocycles. The lowest BCUT2D eigenvalue weighted by Gasteiger charge is -2.05. The molecule has 0 spiro atoms. The van der Waals surface area contributed by atoms with Crippen LogP contribution in [0.5, 0.6) is 0 Å². The van der Waals surface area contributed by atoms with Gasteiger partial charge in [-0.15, -0.1) is 0 Å². The van der Waals surface area contributed by atoms with Crippen LogP contribution in [0.25, 0.3) is 5.69 Å². The van der Waals surface area contributed by atoms with Crippen LogP contribution >= 0.6 is 12.2 Å². The van der Waals surface area contributed by atoms with E-state index in [2.05, 4.69) is 5.10 Å². The number of nitrogens with one attached hydrogen (secondary N) is 1. The first-order chi connectivity index (χ1) is 8.30. The van der Waals surface area contributed by atoms with Gasteiger partial charge in [0.2, 0.25) is 0 Å². The first kappa shape index (κ1) is 12.8. The number of halogens is 4. The SMILES string of the molecule is Cc1c(C(F)(F)F)[nH]n(-c2cccc(F)c2)c1=S. The van der Waals surface area contributed by atoms with E-state index in [1.807, 2.05) is 0 Å². The average Bonchev–Trinajstić information content (AvgIpc) is 2.55. The highest BCUT2D eigenvalue weighted by molar-refractivity contribution is 7.71. The zero-order valence-corrected chi connectivity index (χ0v) is 9.99. The summed E-state index contributed by atoms with van der Waals surface area (Å²) in [5.41, 5.74) is -0.780. The summed E-state index contributed by atoms with van der Waals surface area (Å²) in [6.07, 6.45) is -4.52. The molecule has 0 unspecified atom stereocenters. The Balaban J connectivity index is 2.64. The van der Waals surface area contributed by atoms with Gasteiger partial charge in [0.1, 0.15) is 16.2 Å². The second kappa shape index (κ2) is 4.24. The molecule has 1 N–H and O–H groups in total. The molecule has 0 bridgehead atoms. The molecule has 0 atom stereocenters. The minimum absolute atomic E-state index is 0.0204. The van der Waals surface area contributed by atoms with E-state index in [0.717, 1.165) is 10.7 Å². The number of benzene rings is 1. The minimum atomic E-state index is -4.52. The van der Waals surface area contributed by atoms with Crippen LogP contribution in [0.15, 0.2) is 24.3 Å². The Morgan fingerprint density at radius 3 is 2.44 bits per heavy atom. The lowest BCUT2D eigenvalue weighted by Crippen LogP contribution is -2.08. The number of aromatic nitrogens is 2. The van der Waals surface area contributed by atoms with Gasteiger partial charge in [-0.1, -0.05) is 18.3 Å². The van der Waals surface area contributed by atoms with E-state index in [1.54, 1.807) is 0 Å².